The van der Waals surface area contributed by atoms with E-state index in [2.05, 4.69) is 31.6 Å². The summed E-state index contributed by atoms with van der Waals surface area (Å²) in [5.74, 6) is -1.32. The topological polar surface area (TPSA) is 120 Å². The first-order valence-corrected chi connectivity index (χ1v) is 8.01. The van der Waals surface area contributed by atoms with Gasteiger partial charge in [-0.15, -0.1) is 4.91 Å². The van der Waals surface area contributed by atoms with E-state index < -0.39 is 11.8 Å². The molecule has 0 aromatic heterocycles. The summed E-state index contributed by atoms with van der Waals surface area (Å²) in [5.41, 5.74) is 6.40. The zero-order valence-electron chi connectivity index (χ0n) is 13.2. The van der Waals surface area contributed by atoms with E-state index in [1.807, 2.05) is 5.48 Å². The predicted molar refractivity (Wildman–Crippen MR) is 101 cm³/mol. The molecule has 2 rings (SSSR count). The van der Waals surface area contributed by atoms with Gasteiger partial charge in [-0.1, -0.05) is 28.1 Å². The molecule has 0 bridgehead atoms. The molecule has 0 fully saturated rings. The lowest BCUT2D eigenvalue weighted by Crippen LogP contribution is -2.17. The number of halogens is 1. The average molecular weight is 417 g/mol. The Morgan fingerprint density at radius 1 is 1.12 bits per heavy atom. The molecule has 8 nitrogen and oxygen atoms in total. The normalized spacial score (nSPS) is 10.8. The molecule has 2 aromatic rings. The molecule has 0 saturated heterocycles. The summed E-state index contributed by atoms with van der Waals surface area (Å²) < 4.78 is 0.788. The van der Waals surface area contributed by atoms with Gasteiger partial charge in [-0.05, 0) is 42.0 Å². The Morgan fingerprint density at radius 2 is 1.85 bits per heavy atom. The van der Waals surface area contributed by atoms with Gasteiger partial charge in [-0.3, -0.25) is 20.3 Å². The van der Waals surface area contributed by atoms with Crippen molar-refractivity contribution in [3.63, 3.8) is 0 Å². The van der Waals surface area contributed by atoms with E-state index in [0.717, 1.165) is 10.5 Å². The molecule has 3 N–H and O–H groups in total. The van der Waals surface area contributed by atoms with E-state index in [4.69, 9.17) is 5.21 Å². The van der Waals surface area contributed by atoms with Crippen LogP contribution < -0.4 is 10.9 Å². The Bertz CT molecular complexity index is 879. The van der Waals surface area contributed by atoms with Crippen LogP contribution in [-0.4, -0.2) is 23.2 Å². The Morgan fingerprint density at radius 3 is 2.50 bits per heavy atom. The Balaban J connectivity index is 2.02. The molecule has 0 spiro atoms. The number of nitrogens with one attached hydrogen (secondary N) is 2. The molecule has 0 atom stereocenters. The second-order valence-corrected chi connectivity index (χ2v) is 5.84. The number of nitroso groups, excluding NO2 is 1. The van der Waals surface area contributed by atoms with Crippen LogP contribution in [0.5, 0.6) is 0 Å². The largest absolute Gasteiger partial charge is 0.309 e. The molecule has 2 amide bonds. The summed E-state index contributed by atoms with van der Waals surface area (Å²) in [6, 6.07) is 11.4. The molecule has 0 aliphatic carbocycles. The Kier molecular flexibility index (Phi) is 6.89. The highest BCUT2D eigenvalue weighted by atomic mass is 79.9. The number of anilines is 1. The van der Waals surface area contributed by atoms with E-state index >= 15 is 0 Å². The molecule has 132 valence electrons. The predicted octanol–water partition coefficient (Wildman–Crippen LogP) is 3.32. The van der Waals surface area contributed by atoms with Crippen LogP contribution >= 0.6 is 15.9 Å². The molecule has 0 radical (unpaired) electrons. The molecule has 0 saturated carbocycles. The third kappa shape index (κ3) is 5.43. The fourth-order valence-electron chi connectivity index (χ4n) is 1.91. The maximum atomic E-state index is 12.1. The van der Waals surface area contributed by atoms with Gasteiger partial charge in [0.05, 0.1) is 11.9 Å². The monoisotopic (exact) mass is 416 g/mol. The number of hydrogen-bond acceptors (Lipinski definition) is 6. The maximum absolute atomic E-state index is 12.1. The molecule has 0 unspecified atom stereocenters. The van der Waals surface area contributed by atoms with Crippen LogP contribution in [0.2, 0.25) is 0 Å². The number of carbonyl (C=O) groups excluding carboxylic acids is 2. The number of benzene rings is 2. The van der Waals surface area contributed by atoms with Crippen molar-refractivity contribution in [2.75, 3.05) is 5.48 Å². The molecule has 26 heavy (non-hydrogen) atoms. The summed E-state index contributed by atoms with van der Waals surface area (Å²) in [6.07, 6.45) is 3.84. The van der Waals surface area contributed by atoms with Crippen LogP contribution in [0.15, 0.2) is 63.3 Å². The quantitative estimate of drug-likeness (QED) is 0.288. The van der Waals surface area contributed by atoms with E-state index in [1.165, 1.54) is 12.3 Å². The molecule has 0 aliphatic rings. The Hall–Kier alpha value is -3.17. The fraction of sp³-hybridized carbons (Fsp3) is 0. The summed E-state index contributed by atoms with van der Waals surface area (Å²) >= 11 is 3.31. The van der Waals surface area contributed by atoms with Crippen LogP contribution in [0.3, 0.4) is 0 Å². The van der Waals surface area contributed by atoms with Gasteiger partial charge in [0, 0.05) is 26.9 Å². The fourth-order valence-corrected chi connectivity index (χ4v) is 2.29. The van der Waals surface area contributed by atoms with E-state index in [0.29, 0.717) is 22.4 Å². The second kappa shape index (κ2) is 9.35. The van der Waals surface area contributed by atoms with Gasteiger partial charge in [0.1, 0.15) is 0 Å². The molecule has 9 heteroatoms. The summed E-state index contributed by atoms with van der Waals surface area (Å²) in [5, 5.41) is 15.2. The van der Waals surface area contributed by atoms with Gasteiger partial charge in [0.15, 0.2) is 0 Å². The number of carbonyl (C=O) groups is 2. The lowest BCUT2D eigenvalue weighted by molar-refractivity contribution is -0.113. The highest BCUT2D eigenvalue weighted by Crippen LogP contribution is 2.18. The lowest BCUT2D eigenvalue weighted by atomic mass is 10.1. The molecular formula is C17H13BrN4O4. The standard InChI is InChI=1S/C17H13BrN4O4/c18-14-6-7-15(21-25)13(9-14)10-19-20-17(24)12-4-1-11(2-5-12)3-8-16(23)22-26/h1-10,21,25H,(H,20,24). The highest BCUT2D eigenvalue weighted by Gasteiger charge is 2.04. The molecule has 0 heterocycles. The van der Waals surface area contributed by atoms with Gasteiger partial charge < -0.3 is 0 Å². The van der Waals surface area contributed by atoms with Crippen molar-refractivity contribution < 1.29 is 14.8 Å². The van der Waals surface area contributed by atoms with Crippen molar-refractivity contribution in [1.29, 1.82) is 0 Å². The van der Waals surface area contributed by atoms with Crippen molar-refractivity contribution in [3.05, 3.63) is 74.6 Å². The first kappa shape index (κ1) is 19.2. The summed E-state index contributed by atoms with van der Waals surface area (Å²) in [4.78, 5) is 32.8. The lowest BCUT2D eigenvalue weighted by Gasteiger charge is -2.04. The first-order valence-electron chi connectivity index (χ1n) is 7.22. The Labute approximate surface area is 156 Å². The summed E-state index contributed by atoms with van der Waals surface area (Å²) in [6.45, 7) is 0. The minimum atomic E-state index is -0.884. The minimum absolute atomic E-state index is 0.355. The van der Waals surface area contributed by atoms with E-state index in [1.54, 1.807) is 42.5 Å². The summed E-state index contributed by atoms with van der Waals surface area (Å²) in [7, 11) is 0. The number of hydrogen-bond donors (Lipinski definition) is 3. The van der Waals surface area contributed by atoms with Crippen LogP contribution in [0.1, 0.15) is 21.5 Å². The van der Waals surface area contributed by atoms with E-state index in [-0.39, 0.29) is 0 Å². The molecule has 0 aliphatic heterocycles. The van der Waals surface area contributed by atoms with Crippen LogP contribution in [0, 0.1) is 4.91 Å². The average Bonchev–Trinajstić information content (AvgIpc) is 2.66. The van der Waals surface area contributed by atoms with Gasteiger partial charge in [-0.2, -0.15) is 5.10 Å². The zero-order chi connectivity index (χ0) is 18.9. The van der Waals surface area contributed by atoms with Crippen molar-refractivity contribution in [3.8, 4) is 0 Å². The minimum Gasteiger partial charge on any atom is -0.291 e. The first-order chi connectivity index (χ1) is 12.5. The van der Waals surface area contributed by atoms with Gasteiger partial charge in [0.25, 0.3) is 5.91 Å². The van der Waals surface area contributed by atoms with Gasteiger partial charge in [-0.25, -0.2) is 5.43 Å². The van der Waals surface area contributed by atoms with Crippen molar-refractivity contribution in [1.82, 2.24) is 5.43 Å². The van der Waals surface area contributed by atoms with Crippen molar-refractivity contribution in [2.24, 2.45) is 10.3 Å². The van der Waals surface area contributed by atoms with Crippen molar-refractivity contribution >= 4 is 45.7 Å². The van der Waals surface area contributed by atoms with Crippen molar-refractivity contribution in [2.45, 2.75) is 0 Å². The van der Waals surface area contributed by atoms with E-state index in [9.17, 15) is 14.5 Å². The smallest absolute Gasteiger partial charge is 0.291 e. The molecular weight excluding hydrogens is 404 g/mol. The van der Waals surface area contributed by atoms with Crippen LogP contribution in [0.4, 0.5) is 5.69 Å². The number of rotatable bonds is 6. The molecule has 2 aromatic carbocycles. The number of hydrazone groups is 1. The van der Waals surface area contributed by atoms with Gasteiger partial charge >= 0.3 is 5.91 Å². The van der Waals surface area contributed by atoms with Crippen LogP contribution in [-0.2, 0) is 4.79 Å². The third-order valence-electron chi connectivity index (χ3n) is 3.18. The SMILES string of the molecule is O=NC(=O)C=Cc1ccc(C(=O)NN=Cc2cc(Br)ccc2NO)cc1. The zero-order valence-corrected chi connectivity index (χ0v) is 14.8. The second-order valence-electron chi connectivity index (χ2n) is 4.93. The number of nitrogens with zero attached hydrogens (tertiary/aromatic N) is 2. The highest BCUT2D eigenvalue weighted by molar-refractivity contribution is 9.10. The van der Waals surface area contributed by atoms with Gasteiger partial charge in [0.2, 0.25) is 0 Å². The van der Waals surface area contributed by atoms with Crippen LogP contribution in [0.25, 0.3) is 6.08 Å². The third-order valence-corrected chi connectivity index (χ3v) is 3.68. The number of amides is 2. The maximum Gasteiger partial charge on any atom is 0.309 e.